The molecular weight excluding hydrogens is 256 g/mol. The molecule has 3 rings (SSSR count). The van der Waals surface area contributed by atoms with Crippen LogP contribution in [0.2, 0.25) is 0 Å². The second-order valence-electron chi connectivity index (χ2n) is 5.50. The van der Waals surface area contributed by atoms with E-state index in [4.69, 9.17) is 0 Å². The molecule has 2 aromatic rings. The molecule has 1 saturated heterocycles. The normalized spacial score (nSPS) is 22.1. The molecule has 0 amide bonds. The molecule has 1 aliphatic rings. The van der Waals surface area contributed by atoms with Gasteiger partial charge in [0.2, 0.25) is 0 Å². The molecule has 1 N–H and O–H groups in total. The van der Waals surface area contributed by atoms with Crippen LogP contribution in [0.5, 0.6) is 0 Å². The Morgan fingerprint density at radius 3 is 3.32 bits per heavy atom. The van der Waals surface area contributed by atoms with Crippen molar-refractivity contribution in [2.45, 2.75) is 44.9 Å². The Hall–Kier alpha value is -0.970. The number of aromatic nitrogens is 1. The fourth-order valence-electron chi connectivity index (χ4n) is 2.97. The number of fused-ring (bicyclic) bond motifs is 1. The average molecular weight is 276 g/mol. The van der Waals surface area contributed by atoms with Crippen LogP contribution in [0.3, 0.4) is 0 Å². The molecule has 0 spiro atoms. The first-order valence-electron chi connectivity index (χ1n) is 6.96. The Kier molecular flexibility index (Phi) is 3.82. The summed E-state index contributed by atoms with van der Waals surface area (Å²) in [4.78, 5) is 6.99. The van der Waals surface area contributed by atoms with Crippen LogP contribution in [-0.4, -0.2) is 33.7 Å². The molecular formula is C15H20N2OS. The lowest BCUT2D eigenvalue weighted by molar-refractivity contribution is 0.131. The van der Waals surface area contributed by atoms with Gasteiger partial charge in [0, 0.05) is 18.8 Å². The van der Waals surface area contributed by atoms with Crippen molar-refractivity contribution < 1.29 is 5.11 Å². The van der Waals surface area contributed by atoms with Crippen molar-refractivity contribution in [1.82, 2.24) is 9.88 Å². The van der Waals surface area contributed by atoms with E-state index in [1.54, 1.807) is 11.3 Å². The Morgan fingerprint density at radius 1 is 1.58 bits per heavy atom. The minimum Gasteiger partial charge on any atom is -0.393 e. The number of hydrogen-bond acceptors (Lipinski definition) is 4. The number of hydrogen-bond donors (Lipinski definition) is 1. The first-order valence-corrected chi connectivity index (χ1v) is 7.84. The smallest absolute Gasteiger partial charge is 0.0809 e. The largest absolute Gasteiger partial charge is 0.393 e. The van der Waals surface area contributed by atoms with Gasteiger partial charge >= 0.3 is 0 Å². The van der Waals surface area contributed by atoms with E-state index in [1.807, 2.05) is 13.1 Å². The monoisotopic (exact) mass is 276 g/mol. The molecule has 0 saturated carbocycles. The molecule has 0 bridgehead atoms. The number of pyridine rings is 1. The predicted octanol–water partition coefficient (Wildman–Crippen LogP) is 3.03. The summed E-state index contributed by atoms with van der Waals surface area (Å²) in [6.07, 6.45) is 5.12. The lowest BCUT2D eigenvalue weighted by Crippen LogP contribution is -2.31. The lowest BCUT2D eigenvalue weighted by Gasteiger charge is -2.25. The van der Waals surface area contributed by atoms with E-state index in [0.29, 0.717) is 6.04 Å². The summed E-state index contributed by atoms with van der Waals surface area (Å²) in [5, 5.41) is 11.7. The molecule has 19 heavy (non-hydrogen) atoms. The van der Waals surface area contributed by atoms with Crippen molar-refractivity contribution in [3.05, 3.63) is 29.3 Å². The number of nitrogens with zero attached hydrogens (tertiary/aromatic N) is 2. The van der Waals surface area contributed by atoms with Crippen molar-refractivity contribution in [2.75, 3.05) is 6.54 Å². The molecule has 0 aromatic carbocycles. The van der Waals surface area contributed by atoms with Gasteiger partial charge in [-0.15, -0.1) is 11.3 Å². The van der Waals surface area contributed by atoms with E-state index in [2.05, 4.69) is 27.4 Å². The van der Waals surface area contributed by atoms with Gasteiger partial charge in [-0.3, -0.25) is 9.88 Å². The van der Waals surface area contributed by atoms with Crippen LogP contribution < -0.4 is 0 Å². The van der Waals surface area contributed by atoms with E-state index >= 15 is 0 Å². The van der Waals surface area contributed by atoms with Crippen molar-refractivity contribution >= 4 is 21.6 Å². The number of aliphatic hydroxyl groups is 1. The maximum absolute atomic E-state index is 9.57. The third-order valence-electron chi connectivity index (χ3n) is 3.86. The first-order chi connectivity index (χ1) is 9.22. The number of rotatable bonds is 4. The highest BCUT2D eigenvalue weighted by molar-refractivity contribution is 7.17. The van der Waals surface area contributed by atoms with Crippen LogP contribution in [0.4, 0.5) is 0 Å². The molecule has 1 aliphatic heterocycles. The Morgan fingerprint density at radius 2 is 2.47 bits per heavy atom. The minimum absolute atomic E-state index is 0.205. The quantitative estimate of drug-likeness (QED) is 0.932. The summed E-state index contributed by atoms with van der Waals surface area (Å²) in [5.74, 6) is 0. The van der Waals surface area contributed by atoms with E-state index < -0.39 is 0 Å². The maximum atomic E-state index is 9.57. The van der Waals surface area contributed by atoms with Gasteiger partial charge in [0.15, 0.2) is 0 Å². The Bertz CT molecular complexity index is 552. The van der Waals surface area contributed by atoms with Gasteiger partial charge in [0.1, 0.15) is 0 Å². The summed E-state index contributed by atoms with van der Waals surface area (Å²) in [6.45, 7) is 3.98. The highest BCUT2D eigenvalue weighted by Gasteiger charge is 2.25. The van der Waals surface area contributed by atoms with E-state index in [1.165, 1.54) is 23.1 Å². The lowest BCUT2D eigenvalue weighted by atomic mass is 10.1. The van der Waals surface area contributed by atoms with Crippen LogP contribution >= 0.6 is 11.3 Å². The van der Waals surface area contributed by atoms with Crippen molar-refractivity contribution in [1.29, 1.82) is 0 Å². The van der Waals surface area contributed by atoms with Crippen molar-refractivity contribution in [3.63, 3.8) is 0 Å². The zero-order valence-corrected chi connectivity index (χ0v) is 12.1. The van der Waals surface area contributed by atoms with Crippen LogP contribution in [0.15, 0.2) is 23.7 Å². The van der Waals surface area contributed by atoms with Gasteiger partial charge in [-0.1, -0.05) is 0 Å². The SMILES string of the molecule is CC(O)CC1CCCN1Cc1cnc2ccsc2c1. The molecule has 1 fully saturated rings. The fraction of sp³-hybridized carbons (Fsp3) is 0.533. The highest BCUT2D eigenvalue weighted by Crippen LogP contribution is 2.25. The molecule has 2 aromatic heterocycles. The summed E-state index contributed by atoms with van der Waals surface area (Å²) < 4.78 is 1.27. The standard InChI is InChI=1S/C15H20N2OS/c1-11(18)7-13-3-2-5-17(13)10-12-8-15-14(16-9-12)4-6-19-15/h4,6,8-9,11,13,18H,2-3,5,7,10H2,1H3. The molecule has 4 heteroatoms. The average Bonchev–Trinajstić information content (AvgIpc) is 2.98. The van der Waals surface area contributed by atoms with Crippen LogP contribution in [0, 0.1) is 0 Å². The Labute approximate surface area is 117 Å². The van der Waals surface area contributed by atoms with Gasteiger partial charge in [-0.2, -0.15) is 0 Å². The highest BCUT2D eigenvalue weighted by atomic mass is 32.1. The van der Waals surface area contributed by atoms with Crippen LogP contribution in [-0.2, 0) is 6.54 Å². The summed E-state index contributed by atoms with van der Waals surface area (Å²) in [5.41, 5.74) is 2.38. The van der Waals surface area contributed by atoms with Gasteiger partial charge in [0.05, 0.1) is 16.3 Å². The van der Waals surface area contributed by atoms with E-state index in [-0.39, 0.29) is 6.10 Å². The number of thiophene rings is 1. The summed E-state index contributed by atoms with van der Waals surface area (Å²) in [7, 11) is 0. The van der Waals surface area contributed by atoms with Crippen LogP contribution in [0.25, 0.3) is 10.2 Å². The summed E-state index contributed by atoms with van der Waals surface area (Å²) in [6, 6.07) is 4.85. The van der Waals surface area contributed by atoms with E-state index in [0.717, 1.165) is 25.0 Å². The molecule has 0 radical (unpaired) electrons. The first kappa shape index (κ1) is 13.0. The second kappa shape index (κ2) is 5.57. The fourth-order valence-corrected chi connectivity index (χ4v) is 3.78. The molecule has 102 valence electrons. The molecule has 3 nitrogen and oxygen atoms in total. The van der Waals surface area contributed by atoms with Gasteiger partial charge in [0.25, 0.3) is 0 Å². The summed E-state index contributed by atoms with van der Waals surface area (Å²) >= 11 is 1.75. The third kappa shape index (κ3) is 2.96. The third-order valence-corrected chi connectivity index (χ3v) is 4.71. The van der Waals surface area contributed by atoms with Gasteiger partial charge in [-0.25, -0.2) is 0 Å². The molecule has 3 heterocycles. The zero-order chi connectivity index (χ0) is 13.2. The maximum Gasteiger partial charge on any atom is 0.0809 e. The van der Waals surface area contributed by atoms with Crippen LogP contribution in [0.1, 0.15) is 31.7 Å². The minimum atomic E-state index is -0.205. The Balaban J connectivity index is 1.72. The van der Waals surface area contributed by atoms with Gasteiger partial charge in [-0.05, 0) is 55.8 Å². The predicted molar refractivity (Wildman–Crippen MR) is 79.3 cm³/mol. The van der Waals surface area contributed by atoms with Crippen molar-refractivity contribution in [3.8, 4) is 0 Å². The number of likely N-dealkylation sites (tertiary alicyclic amines) is 1. The van der Waals surface area contributed by atoms with Crippen molar-refractivity contribution in [2.24, 2.45) is 0 Å². The molecule has 0 aliphatic carbocycles. The number of aliphatic hydroxyl groups excluding tert-OH is 1. The van der Waals surface area contributed by atoms with E-state index in [9.17, 15) is 5.11 Å². The topological polar surface area (TPSA) is 36.4 Å². The molecule has 2 atom stereocenters. The molecule has 2 unspecified atom stereocenters. The second-order valence-corrected chi connectivity index (χ2v) is 6.45. The zero-order valence-electron chi connectivity index (χ0n) is 11.2. The van der Waals surface area contributed by atoms with Gasteiger partial charge < -0.3 is 5.11 Å².